The van der Waals surface area contributed by atoms with Gasteiger partial charge in [-0.05, 0) is 32.3 Å². The number of hydrogen-bond acceptors (Lipinski definition) is 4. The van der Waals surface area contributed by atoms with Crippen molar-refractivity contribution in [1.29, 1.82) is 0 Å². The smallest absolute Gasteiger partial charge is 0.269 e. The minimum absolute atomic E-state index is 0.130. The van der Waals surface area contributed by atoms with E-state index in [0.29, 0.717) is 18.2 Å². The van der Waals surface area contributed by atoms with Crippen LogP contribution in [0.15, 0.2) is 11.2 Å². The van der Waals surface area contributed by atoms with E-state index in [4.69, 9.17) is 4.84 Å². The lowest BCUT2D eigenvalue weighted by Crippen LogP contribution is -2.41. The first-order chi connectivity index (χ1) is 9.79. The molecule has 1 atom stereocenters. The van der Waals surface area contributed by atoms with E-state index in [0.717, 1.165) is 24.2 Å². The van der Waals surface area contributed by atoms with E-state index >= 15 is 0 Å². The van der Waals surface area contributed by atoms with Crippen LogP contribution in [0.4, 0.5) is 0 Å². The molecule has 1 aromatic heterocycles. The first-order valence-electron chi connectivity index (χ1n) is 7.32. The lowest BCUT2D eigenvalue weighted by Gasteiger charge is -2.21. The Balaban J connectivity index is 1.96. The fourth-order valence-electron chi connectivity index (χ4n) is 2.50. The van der Waals surface area contributed by atoms with E-state index < -0.39 is 5.60 Å². The third-order valence-electron chi connectivity index (χ3n) is 3.45. The van der Waals surface area contributed by atoms with Gasteiger partial charge in [-0.25, -0.2) is 0 Å². The SMILES string of the molecule is CC1=NOC(C)(CNC(=O)c2cc(CC(C)C)nn2C)C1. The summed E-state index contributed by atoms with van der Waals surface area (Å²) in [7, 11) is 1.79. The first-order valence-corrected chi connectivity index (χ1v) is 7.32. The van der Waals surface area contributed by atoms with Gasteiger partial charge in [0.05, 0.1) is 18.0 Å². The number of aryl methyl sites for hydroxylation is 1. The molecule has 116 valence electrons. The van der Waals surface area contributed by atoms with Gasteiger partial charge in [0.1, 0.15) is 5.69 Å². The third-order valence-corrected chi connectivity index (χ3v) is 3.45. The van der Waals surface area contributed by atoms with Gasteiger partial charge >= 0.3 is 0 Å². The minimum atomic E-state index is -0.445. The molecule has 1 aromatic rings. The fraction of sp³-hybridized carbons (Fsp3) is 0.667. The molecule has 6 heteroatoms. The van der Waals surface area contributed by atoms with Gasteiger partial charge in [0.15, 0.2) is 5.60 Å². The third kappa shape index (κ3) is 3.83. The largest absolute Gasteiger partial charge is 0.387 e. The molecule has 0 aromatic carbocycles. The van der Waals surface area contributed by atoms with Crippen LogP contribution in [-0.2, 0) is 18.3 Å². The summed E-state index contributed by atoms with van der Waals surface area (Å²) >= 11 is 0. The highest BCUT2D eigenvalue weighted by Gasteiger charge is 2.33. The molecule has 2 heterocycles. The van der Waals surface area contributed by atoms with Gasteiger partial charge in [-0.3, -0.25) is 9.48 Å². The van der Waals surface area contributed by atoms with Crippen LogP contribution < -0.4 is 5.32 Å². The van der Waals surface area contributed by atoms with Gasteiger partial charge < -0.3 is 10.2 Å². The molecule has 0 saturated heterocycles. The molecule has 6 nitrogen and oxygen atoms in total. The van der Waals surface area contributed by atoms with Gasteiger partial charge in [-0.2, -0.15) is 5.10 Å². The molecule has 1 unspecified atom stereocenters. The number of amides is 1. The summed E-state index contributed by atoms with van der Waals surface area (Å²) in [5, 5.41) is 11.2. The van der Waals surface area contributed by atoms with Gasteiger partial charge in [0.2, 0.25) is 0 Å². The van der Waals surface area contributed by atoms with Crippen molar-refractivity contribution in [2.24, 2.45) is 18.1 Å². The highest BCUT2D eigenvalue weighted by atomic mass is 16.7. The van der Waals surface area contributed by atoms with Crippen molar-refractivity contribution >= 4 is 11.6 Å². The summed E-state index contributed by atoms with van der Waals surface area (Å²) in [6, 6.07) is 1.86. The zero-order valence-electron chi connectivity index (χ0n) is 13.4. The Labute approximate surface area is 125 Å². The quantitative estimate of drug-likeness (QED) is 0.901. The van der Waals surface area contributed by atoms with Gasteiger partial charge in [-0.1, -0.05) is 19.0 Å². The minimum Gasteiger partial charge on any atom is -0.387 e. The van der Waals surface area contributed by atoms with Gasteiger partial charge in [0, 0.05) is 13.5 Å². The fourth-order valence-corrected chi connectivity index (χ4v) is 2.50. The molecular weight excluding hydrogens is 268 g/mol. The first kappa shape index (κ1) is 15.5. The van der Waals surface area contributed by atoms with Crippen molar-refractivity contribution in [3.63, 3.8) is 0 Å². The molecule has 0 spiro atoms. The van der Waals surface area contributed by atoms with Crippen LogP contribution in [0.2, 0.25) is 0 Å². The van der Waals surface area contributed by atoms with Crippen LogP contribution in [0.25, 0.3) is 0 Å². The lowest BCUT2D eigenvalue weighted by atomic mass is 10.0. The predicted molar refractivity (Wildman–Crippen MR) is 81.3 cm³/mol. The van der Waals surface area contributed by atoms with E-state index in [9.17, 15) is 4.79 Å². The van der Waals surface area contributed by atoms with E-state index in [1.165, 1.54) is 0 Å². The Morgan fingerprint density at radius 2 is 2.29 bits per heavy atom. The number of nitrogens with zero attached hydrogens (tertiary/aromatic N) is 3. The van der Waals surface area contributed by atoms with Crippen molar-refractivity contribution in [2.75, 3.05) is 6.54 Å². The maximum absolute atomic E-state index is 12.3. The monoisotopic (exact) mass is 292 g/mol. The number of hydrogen-bond donors (Lipinski definition) is 1. The molecule has 1 aliphatic heterocycles. The molecule has 0 saturated carbocycles. The zero-order valence-corrected chi connectivity index (χ0v) is 13.4. The second-order valence-corrected chi connectivity index (χ2v) is 6.47. The van der Waals surface area contributed by atoms with Crippen LogP contribution >= 0.6 is 0 Å². The summed E-state index contributed by atoms with van der Waals surface area (Å²) in [6.45, 7) is 8.56. The van der Waals surface area contributed by atoms with Crippen LogP contribution in [0.5, 0.6) is 0 Å². The average molecular weight is 292 g/mol. The molecule has 0 aliphatic carbocycles. The predicted octanol–water partition coefficient (Wildman–Crippen LogP) is 1.90. The Morgan fingerprint density at radius 1 is 1.57 bits per heavy atom. The topological polar surface area (TPSA) is 68.5 Å². The van der Waals surface area contributed by atoms with Crippen molar-refractivity contribution in [3.05, 3.63) is 17.5 Å². The zero-order chi connectivity index (χ0) is 15.6. The Morgan fingerprint density at radius 3 is 2.86 bits per heavy atom. The summed E-state index contributed by atoms with van der Waals surface area (Å²) < 4.78 is 1.63. The number of carbonyl (C=O) groups is 1. The molecule has 0 fully saturated rings. The molecule has 0 bridgehead atoms. The standard InChI is InChI=1S/C15H24N4O2/c1-10(2)6-12-7-13(19(5)17-12)14(20)16-9-15(4)8-11(3)18-21-15/h7,10H,6,8-9H2,1-5H3,(H,16,20). The summed E-state index contributed by atoms with van der Waals surface area (Å²) in [5.74, 6) is 0.385. The summed E-state index contributed by atoms with van der Waals surface area (Å²) in [4.78, 5) is 17.7. The highest BCUT2D eigenvalue weighted by Crippen LogP contribution is 2.22. The van der Waals surface area contributed by atoms with E-state index in [-0.39, 0.29) is 5.91 Å². The van der Waals surface area contributed by atoms with Crippen molar-refractivity contribution < 1.29 is 9.63 Å². The molecule has 21 heavy (non-hydrogen) atoms. The van der Waals surface area contributed by atoms with Crippen LogP contribution in [0, 0.1) is 5.92 Å². The van der Waals surface area contributed by atoms with Crippen molar-refractivity contribution in [3.8, 4) is 0 Å². The number of rotatable bonds is 5. The second kappa shape index (κ2) is 5.87. The maximum atomic E-state index is 12.3. The van der Waals surface area contributed by atoms with E-state index in [2.05, 4.69) is 29.4 Å². The molecular formula is C15H24N4O2. The Bertz CT molecular complexity index is 562. The molecule has 1 N–H and O–H groups in total. The Kier molecular flexibility index (Phi) is 4.34. The van der Waals surface area contributed by atoms with E-state index in [1.807, 2.05) is 19.9 Å². The van der Waals surface area contributed by atoms with Crippen LogP contribution in [-0.4, -0.2) is 33.5 Å². The molecule has 2 rings (SSSR count). The lowest BCUT2D eigenvalue weighted by molar-refractivity contribution is -0.00188. The number of oxime groups is 1. The molecule has 0 radical (unpaired) electrons. The normalized spacial score (nSPS) is 21.3. The maximum Gasteiger partial charge on any atom is 0.269 e. The van der Waals surface area contributed by atoms with E-state index in [1.54, 1.807) is 11.7 Å². The second-order valence-electron chi connectivity index (χ2n) is 6.47. The number of nitrogens with one attached hydrogen (secondary N) is 1. The van der Waals surface area contributed by atoms with Crippen LogP contribution in [0.3, 0.4) is 0 Å². The highest BCUT2D eigenvalue weighted by molar-refractivity contribution is 5.92. The summed E-state index contributed by atoms with van der Waals surface area (Å²) in [5.41, 5.74) is 2.02. The van der Waals surface area contributed by atoms with Crippen molar-refractivity contribution in [1.82, 2.24) is 15.1 Å². The van der Waals surface area contributed by atoms with Crippen molar-refractivity contribution in [2.45, 2.75) is 46.1 Å². The number of carbonyl (C=O) groups excluding carboxylic acids is 1. The van der Waals surface area contributed by atoms with Gasteiger partial charge in [-0.15, -0.1) is 0 Å². The van der Waals surface area contributed by atoms with Crippen LogP contribution in [0.1, 0.15) is 50.3 Å². The molecule has 1 amide bonds. The van der Waals surface area contributed by atoms with Gasteiger partial charge in [0.25, 0.3) is 5.91 Å². The average Bonchev–Trinajstić information content (AvgIpc) is 2.90. The summed E-state index contributed by atoms with van der Waals surface area (Å²) in [6.07, 6.45) is 1.60. The number of aromatic nitrogens is 2. The Hall–Kier alpha value is -1.85. The molecule has 1 aliphatic rings.